The van der Waals surface area contributed by atoms with E-state index in [1.54, 1.807) is 25.2 Å². The van der Waals surface area contributed by atoms with Crippen molar-refractivity contribution < 1.29 is 17.6 Å². The first kappa shape index (κ1) is 19.0. The summed E-state index contributed by atoms with van der Waals surface area (Å²) in [6.07, 6.45) is 0.290. The molecule has 0 unspecified atom stereocenters. The van der Waals surface area contributed by atoms with Crippen LogP contribution in [0.15, 0.2) is 36.4 Å². The third kappa shape index (κ3) is 3.70. The highest BCUT2D eigenvalue weighted by Crippen LogP contribution is 2.43. The van der Waals surface area contributed by atoms with Gasteiger partial charge in [0.15, 0.2) is 0 Å². The molecule has 1 aliphatic rings. The molecule has 0 spiro atoms. The molecule has 7 heteroatoms. The van der Waals surface area contributed by atoms with Gasteiger partial charge in [-0.25, -0.2) is 17.6 Å². The van der Waals surface area contributed by atoms with Crippen molar-refractivity contribution in [3.05, 3.63) is 59.2 Å². The van der Waals surface area contributed by atoms with E-state index in [0.717, 1.165) is 23.5 Å². The van der Waals surface area contributed by atoms with Gasteiger partial charge in [-0.3, -0.25) is 0 Å². The Balaban J connectivity index is 1.77. The Morgan fingerprint density at radius 1 is 1.11 bits per heavy atom. The van der Waals surface area contributed by atoms with Crippen LogP contribution in [-0.2, 0) is 5.92 Å². The van der Waals surface area contributed by atoms with Gasteiger partial charge in [-0.05, 0) is 49.2 Å². The molecule has 1 heterocycles. The van der Waals surface area contributed by atoms with Crippen molar-refractivity contribution in [2.24, 2.45) is 5.92 Å². The van der Waals surface area contributed by atoms with Gasteiger partial charge < -0.3 is 10.2 Å². The average molecular weight is 377 g/mol. The summed E-state index contributed by atoms with van der Waals surface area (Å²) in [5, 5.41) is 12.0. The second-order valence-electron chi connectivity index (χ2n) is 6.60. The minimum atomic E-state index is -3.44. The number of hydrogen-bond donors (Lipinski definition) is 1. The summed E-state index contributed by atoms with van der Waals surface area (Å²) in [5.41, 5.74) is 1.20. The number of nitrogens with one attached hydrogen (secondary N) is 1. The zero-order chi connectivity index (χ0) is 19.6. The number of hydrogen-bond acceptors (Lipinski definition) is 3. The van der Waals surface area contributed by atoms with Gasteiger partial charge in [-0.1, -0.05) is 0 Å². The Labute approximate surface area is 155 Å². The molecule has 0 atom stereocenters. The standard InChI is InChI=1S/C20H19F4N3/c1-26-18-10-13(12-25)2-5-19(18)27-8-6-14(7-9-27)20(23,24)16-11-15(21)3-4-17(16)22/h2-5,10-11,14,26H,6-9H2,1H3. The molecule has 1 fully saturated rings. The highest BCUT2D eigenvalue weighted by Gasteiger charge is 2.44. The van der Waals surface area contributed by atoms with Crippen molar-refractivity contribution in [1.29, 1.82) is 5.26 Å². The van der Waals surface area contributed by atoms with Gasteiger partial charge in [0.25, 0.3) is 5.92 Å². The van der Waals surface area contributed by atoms with Gasteiger partial charge >= 0.3 is 0 Å². The highest BCUT2D eigenvalue weighted by atomic mass is 19.3. The molecule has 3 nitrogen and oxygen atoms in total. The zero-order valence-corrected chi connectivity index (χ0v) is 14.8. The molecule has 0 aliphatic carbocycles. The first-order valence-corrected chi connectivity index (χ1v) is 8.67. The van der Waals surface area contributed by atoms with Crippen LogP contribution in [0, 0.1) is 28.9 Å². The molecular formula is C20H19F4N3. The number of halogens is 4. The molecule has 0 aromatic heterocycles. The number of nitrogens with zero attached hydrogens (tertiary/aromatic N) is 2. The largest absolute Gasteiger partial charge is 0.386 e. The molecule has 1 aliphatic heterocycles. The van der Waals surface area contributed by atoms with Crippen molar-refractivity contribution in [3.8, 4) is 6.07 Å². The molecule has 27 heavy (non-hydrogen) atoms. The first-order valence-electron chi connectivity index (χ1n) is 8.67. The predicted octanol–water partition coefficient (Wildman–Crippen LogP) is 4.89. The summed E-state index contributed by atoms with van der Waals surface area (Å²) in [5.74, 6) is -6.47. The lowest BCUT2D eigenvalue weighted by molar-refractivity contribution is -0.0763. The summed E-state index contributed by atoms with van der Waals surface area (Å²) < 4.78 is 56.7. The first-order chi connectivity index (χ1) is 12.9. The number of alkyl halides is 2. The molecule has 142 valence electrons. The van der Waals surface area contributed by atoms with Crippen LogP contribution in [-0.4, -0.2) is 20.1 Å². The van der Waals surface area contributed by atoms with Crippen LogP contribution in [0.25, 0.3) is 0 Å². The zero-order valence-electron chi connectivity index (χ0n) is 14.8. The topological polar surface area (TPSA) is 39.1 Å². The van der Waals surface area contributed by atoms with Crippen LogP contribution < -0.4 is 10.2 Å². The van der Waals surface area contributed by atoms with E-state index in [-0.39, 0.29) is 12.8 Å². The third-order valence-electron chi connectivity index (χ3n) is 5.03. The van der Waals surface area contributed by atoms with Crippen LogP contribution in [0.2, 0.25) is 0 Å². The third-order valence-corrected chi connectivity index (χ3v) is 5.03. The van der Waals surface area contributed by atoms with Crippen LogP contribution in [0.5, 0.6) is 0 Å². The lowest BCUT2D eigenvalue weighted by Crippen LogP contribution is -2.40. The van der Waals surface area contributed by atoms with Crippen LogP contribution >= 0.6 is 0 Å². The molecular weight excluding hydrogens is 358 g/mol. The molecule has 0 radical (unpaired) electrons. The van der Waals surface area contributed by atoms with E-state index in [1.807, 2.05) is 4.90 Å². The number of nitriles is 1. The Kier molecular flexibility index (Phi) is 5.26. The van der Waals surface area contributed by atoms with Crippen LogP contribution in [0.3, 0.4) is 0 Å². The van der Waals surface area contributed by atoms with E-state index < -0.39 is 29.0 Å². The van der Waals surface area contributed by atoms with Gasteiger partial charge in [0, 0.05) is 26.1 Å². The van der Waals surface area contributed by atoms with Gasteiger partial charge in [0.05, 0.1) is 28.6 Å². The normalized spacial score (nSPS) is 15.5. The van der Waals surface area contributed by atoms with Crippen LogP contribution in [0.1, 0.15) is 24.0 Å². The van der Waals surface area contributed by atoms with Crippen molar-refractivity contribution in [1.82, 2.24) is 0 Å². The summed E-state index contributed by atoms with van der Waals surface area (Å²) in [4.78, 5) is 1.96. The van der Waals surface area contributed by atoms with E-state index in [2.05, 4.69) is 11.4 Å². The van der Waals surface area contributed by atoms with E-state index >= 15 is 0 Å². The molecule has 0 saturated carbocycles. The molecule has 1 saturated heterocycles. The minimum Gasteiger partial charge on any atom is -0.386 e. The quantitative estimate of drug-likeness (QED) is 0.772. The Hall–Kier alpha value is -2.75. The molecule has 2 aromatic carbocycles. The maximum atomic E-state index is 14.8. The van der Waals surface area contributed by atoms with Crippen molar-refractivity contribution in [3.63, 3.8) is 0 Å². The molecule has 0 bridgehead atoms. The fourth-order valence-electron chi connectivity index (χ4n) is 3.54. The molecule has 3 rings (SSSR count). The second kappa shape index (κ2) is 7.47. The van der Waals surface area contributed by atoms with Crippen LogP contribution in [0.4, 0.5) is 28.9 Å². The summed E-state index contributed by atoms with van der Waals surface area (Å²) in [6, 6.07) is 9.40. The van der Waals surface area contributed by atoms with Gasteiger partial charge in [0.1, 0.15) is 11.6 Å². The molecule has 1 N–H and O–H groups in total. The summed E-state index contributed by atoms with van der Waals surface area (Å²) >= 11 is 0. The van der Waals surface area contributed by atoms with E-state index in [4.69, 9.17) is 5.26 Å². The molecule has 2 aromatic rings. The number of anilines is 2. The second-order valence-corrected chi connectivity index (χ2v) is 6.60. The Morgan fingerprint density at radius 3 is 2.44 bits per heavy atom. The van der Waals surface area contributed by atoms with E-state index in [0.29, 0.717) is 24.7 Å². The smallest absolute Gasteiger partial charge is 0.279 e. The maximum Gasteiger partial charge on any atom is 0.279 e. The van der Waals surface area contributed by atoms with E-state index in [9.17, 15) is 17.6 Å². The van der Waals surface area contributed by atoms with Gasteiger partial charge in [-0.15, -0.1) is 0 Å². The minimum absolute atomic E-state index is 0.145. The average Bonchev–Trinajstić information content (AvgIpc) is 2.69. The SMILES string of the molecule is CNc1cc(C#N)ccc1N1CCC(C(F)(F)c2cc(F)ccc2F)CC1. The maximum absolute atomic E-state index is 14.8. The lowest BCUT2D eigenvalue weighted by Gasteiger charge is -2.38. The number of piperidine rings is 1. The summed E-state index contributed by atoms with van der Waals surface area (Å²) in [7, 11) is 1.73. The van der Waals surface area contributed by atoms with Crippen molar-refractivity contribution in [2.45, 2.75) is 18.8 Å². The fraction of sp³-hybridized carbons (Fsp3) is 0.350. The van der Waals surface area contributed by atoms with Crippen molar-refractivity contribution in [2.75, 3.05) is 30.4 Å². The Bertz CT molecular complexity index is 868. The number of benzene rings is 2. The van der Waals surface area contributed by atoms with Gasteiger partial charge in [-0.2, -0.15) is 5.26 Å². The number of rotatable bonds is 4. The molecule has 0 amide bonds. The highest BCUT2D eigenvalue weighted by molar-refractivity contribution is 5.72. The van der Waals surface area contributed by atoms with Gasteiger partial charge in [0.2, 0.25) is 0 Å². The summed E-state index contributed by atoms with van der Waals surface area (Å²) in [6.45, 7) is 0.718. The van der Waals surface area contributed by atoms with E-state index in [1.165, 1.54) is 0 Å². The lowest BCUT2D eigenvalue weighted by atomic mass is 9.86. The van der Waals surface area contributed by atoms with Crippen molar-refractivity contribution >= 4 is 11.4 Å². The fourth-order valence-corrected chi connectivity index (χ4v) is 3.54. The Morgan fingerprint density at radius 2 is 1.81 bits per heavy atom. The predicted molar refractivity (Wildman–Crippen MR) is 95.9 cm³/mol. The monoisotopic (exact) mass is 377 g/mol.